The van der Waals surface area contributed by atoms with Crippen molar-refractivity contribution in [2.75, 3.05) is 18.6 Å². The number of esters is 1. The first kappa shape index (κ1) is 23.3. The van der Waals surface area contributed by atoms with E-state index in [4.69, 9.17) is 14.9 Å². The molecule has 0 radical (unpaired) electrons. The maximum atomic E-state index is 13.2. The summed E-state index contributed by atoms with van der Waals surface area (Å²) in [6.07, 6.45) is 4.69. The van der Waals surface area contributed by atoms with Crippen molar-refractivity contribution in [1.29, 1.82) is 10.7 Å². The lowest BCUT2D eigenvalue weighted by Gasteiger charge is -2.19. The molecule has 34 heavy (non-hydrogen) atoms. The van der Waals surface area contributed by atoms with E-state index in [0.717, 1.165) is 42.2 Å². The van der Waals surface area contributed by atoms with Crippen molar-refractivity contribution in [1.82, 2.24) is 0 Å². The van der Waals surface area contributed by atoms with Crippen LogP contribution in [0.15, 0.2) is 47.4 Å². The number of methoxy groups -OCH3 is 1. The molecule has 2 N–H and O–H groups in total. The highest BCUT2D eigenvalue weighted by atomic mass is 32.1. The van der Waals surface area contributed by atoms with E-state index in [1.807, 2.05) is 0 Å². The Morgan fingerprint density at radius 3 is 2.74 bits per heavy atom. The third-order valence-electron chi connectivity index (χ3n) is 5.77. The molecule has 0 spiro atoms. The summed E-state index contributed by atoms with van der Waals surface area (Å²) in [4.78, 5) is 28.1. The molecule has 1 aromatic carbocycles. The molecule has 4 rings (SSSR count). The Kier molecular flexibility index (Phi) is 6.52. The van der Waals surface area contributed by atoms with Gasteiger partial charge >= 0.3 is 5.97 Å². The quantitative estimate of drug-likeness (QED) is 0.358. The number of fused-ring (bicyclic) bond motifs is 1. The summed E-state index contributed by atoms with van der Waals surface area (Å²) in [7, 11) is 1.45. The Bertz CT molecular complexity index is 1300. The topological polar surface area (TPSA) is 124 Å². The van der Waals surface area contributed by atoms with Crippen LogP contribution in [0.4, 0.5) is 5.00 Å². The number of aliphatic hydroxyl groups excluding tert-OH is 1. The number of aryl methyl sites for hydroxylation is 1. The fourth-order valence-corrected chi connectivity index (χ4v) is 5.55. The predicted octanol–water partition coefficient (Wildman–Crippen LogP) is 4.45. The number of ketones is 1. The van der Waals surface area contributed by atoms with E-state index in [-0.39, 0.29) is 29.3 Å². The van der Waals surface area contributed by atoms with E-state index in [1.54, 1.807) is 31.2 Å². The zero-order valence-corrected chi connectivity index (χ0v) is 19.6. The zero-order chi connectivity index (χ0) is 24.4. The van der Waals surface area contributed by atoms with Gasteiger partial charge in [0.05, 0.1) is 30.5 Å². The molecule has 0 amide bonds. The minimum absolute atomic E-state index is 0.0544. The van der Waals surface area contributed by atoms with Gasteiger partial charge in [-0.25, -0.2) is 4.79 Å². The molecule has 1 aliphatic carbocycles. The molecular weight excluding hydrogens is 454 g/mol. The number of amidine groups is 1. The Labute approximate surface area is 200 Å². The lowest BCUT2D eigenvalue weighted by atomic mass is 9.96. The molecule has 0 unspecified atom stereocenters. The molecule has 0 fully saturated rings. The molecular formula is C25H23N3O5S. The van der Waals surface area contributed by atoms with E-state index in [0.29, 0.717) is 16.3 Å². The van der Waals surface area contributed by atoms with Gasteiger partial charge in [-0.2, -0.15) is 5.26 Å². The number of carbonyl (C=O) groups excluding carboxylic acids is 2. The summed E-state index contributed by atoms with van der Waals surface area (Å²) < 4.78 is 10.3. The van der Waals surface area contributed by atoms with E-state index < -0.39 is 17.5 Å². The van der Waals surface area contributed by atoms with E-state index in [9.17, 15) is 20.0 Å². The number of aliphatic hydroxyl groups is 1. The van der Waals surface area contributed by atoms with Gasteiger partial charge in [0.2, 0.25) is 0 Å². The third kappa shape index (κ3) is 3.86. The summed E-state index contributed by atoms with van der Waals surface area (Å²) in [5.41, 5.74) is 1.18. The van der Waals surface area contributed by atoms with Gasteiger partial charge in [-0.15, -0.1) is 11.3 Å². The fourth-order valence-electron chi connectivity index (χ4n) is 4.19. The lowest BCUT2D eigenvalue weighted by molar-refractivity contribution is -0.138. The first-order valence-corrected chi connectivity index (χ1v) is 11.7. The van der Waals surface area contributed by atoms with Gasteiger partial charge in [0.15, 0.2) is 11.5 Å². The number of hydrogen-bond donors (Lipinski definition) is 2. The maximum absolute atomic E-state index is 13.2. The van der Waals surface area contributed by atoms with Crippen molar-refractivity contribution >= 4 is 33.9 Å². The van der Waals surface area contributed by atoms with Crippen LogP contribution in [0, 0.1) is 16.7 Å². The number of nitrogens with zero attached hydrogens (tertiary/aromatic N) is 2. The summed E-state index contributed by atoms with van der Waals surface area (Å²) >= 11 is 1.35. The number of benzene rings is 1. The summed E-state index contributed by atoms with van der Waals surface area (Å²) in [5, 5.41) is 30.1. The Morgan fingerprint density at radius 1 is 1.29 bits per heavy atom. The van der Waals surface area contributed by atoms with Crippen molar-refractivity contribution in [3.8, 4) is 11.8 Å². The number of carbonyl (C=O) groups is 2. The Morgan fingerprint density at radius 2 is 2.03 bits per heavy atom. The van der Waals surface area contributed by atoms with E-state index in [1.165, 1.54) is 23.3 Å². The van der Waals surface area contributed by atoms with Crippen LogP contribution in [-0.4, -0.2) is 36.4 Å². The number of hydrogen-bond acceptors (Lipinski definition) is 8. The van der Waals surface area contributed by atoms with Crippen LogP contribution in [0.5, 0.6) is 5.75 Å². The third-order valence-corrected chi connectivity index (χ3v) is 7.05. The molecule has 0 atom stereocenters. The average molecular weight is 478 g/mol. The van der Waals surface area contributed by atoms with Gasteiger partial charge in [-0.1, -0.05) is 12.1 Å². The molecule has 0 bridgehead atoms. The first-order chi connectivity index (χ1) is 16.4. The molecule has 2 heterocycles. The minimum atomic E-state index is -0.872. The van der Waals surface area contributed by atoms with Crippen LogP contribution < -0.4 is 9.64 Å². The maximum Gasteiger partial charge on any atom is 0.345 e. The summed E-state index contributed by atoms with van der Waals surface area (Å²) in [6.45, 7) is 1.67. The molecule has 174 valence electrons. The summed E-state index contributed by atoms with van der Waals surface area (Å²) in [6, 6.07) is 8.87. The monoisotopic (exact) mass is 477 g/mol. The average Bonchev–Trinajstić information content (AvgIpc) is 3.32. The molecule has 1 aromatic heterocycles. The number of para-hydroxylation sites is 1. The molecule has 8 nitrogen and oxygen atoms in total. The van der Waals surface area contributed by atoms with Crippen molar-refractivity contribution in [2.45, 2.75) is 32.6 Å². The van der Waals surface area contributed by atoms with Crippen LogP contribution in [0.2, 0.25) is 0 Å². The SMILES string of the molecule is CCOC(=O)C1=C(O)C(=CC(=O)c2ccccc2OC)N(c2sc3c(c2C#N)CCCC3)C1=N. The highest BCUT2D eigenvalue weighted by molar-refractivity contribution is 7.16. The second kappa shape index (κ2) is 9.53. The molecule has 2 aliphatic rings. The predicted molar refractivity (Wildman–Crippen MR) is 128 cm³/mol. The minimum Gasteiger partial charge on any atom is -0.505 e. The van der Waals surface area contributed by atoms with Crippen molar-refractivity contribution < 1.29 is 24.2 Å². The standard InChI is InChI=1S/C25H23N3O5S/c1-3-33-25(31)21-22(30)17(12-18(29)15-9-4-6-10-19(15)32-2)28(23(21)27)24-16(13-26)14-8-5-7-11-20(14)34-24/h4,6,9-10,12,27,30H,3,5,7-8,11H2,1-2H3. The van der Waals surface area contributed by atoms with Crippen molar-refractivity contribution in [3.63, 3.8) is 0 Å². The smallest absolute Gasteiger partial charge is 0.345 e. The van der Waals surface area contributed by atoms with Crippen LogP contribution >= 0.6 is 11.3 Å². The Balaban J connectivity index is 1.89. The number of nitrogens with one attached hydrogen (secondary N) is 1. The number of rotatable bonds is 6. The normalized spacial score (nSPS) is 16.4. The van der Waals surface area contributed by atoms with E-state index in [2.05, 4.69) is 6.07 Å². The van der Waals surface area contributed by atoms with Crippen LogP contribution in [0.3, 0.4) is 0 Å². The van der Waals surface area contributed by atoms with Gasteiger partial charge in [-0.3, -0.25) is 15.1 Å². The van der Waals surface area contributed by atoms with Crippen molar-refractivity contribution in [2.24, 2.45) is 0 Å². The lowest BCUT2D eigenvalue weighted by Crippen LogP contribution is -2.28. The van der Waals surface area contributed by atoms with E-state index >= 15 is 0 Å². The molecule has 2 aromatic rings. The molecule has 0 saturated carbocycles. The highest BCUT2D eigenvalue weighted by Gasteiger charge is 2.41. The van der Waals surface area contributed by atoms with Gasteiger partial charge < -0.3 is 14.6 Å². The number of nitriles is 1. The van der Waals surface area contributed by atoms with Crippen molar-refractivity contribution in [3.05, 3.63) is 68.9 Å². The van der Waals surface area contributed by atoms with Crippen LogP contribution in [0.1, 0.15) is 46.1 Å². The highest BCUT2D eigenvalue weighted by Crippen LogP contribution is 2.44. The first-order valence-electron chi connectivity index (χ1n) is 10.9. The van der Waals surface area contributed by atoms with Gasteiger partial charge in [0, 0.05) is 11.0 Å². The largest absolute Gasteiger partial charge is 0.505 e. The van der Waals surface area contributed by atoms with Crippen LogP contribution in [0.25, 0.3) is 0 Å². The second-order valence-electron chi connectivity index (χ2n) is 7.73. The number of thiophene rings is 1. The molecule has 1 aliphatic heterocycles. The molecule has 0 saturated heterocycles. The fraction of sp³-hybridized carbons (Fsp3) is 0.280. The second-order valence-corrected chi connectivity index (χ2v) is 8.81. The summed E-state index contributed by atoms with van der Waals surface area (Å²) in [5.74, 6) is -1.89. The number of allylic oxidation sites excluding steroid dienone is 1. The van der Waals surface area contributed by atoms with Gasteiger partial charge in [-0.05, 0) is 50.3 Å². The zero-order valence-electron chi connectivity index (χ0n) is 18.8. The van der Waals surface area contributed by atoms with Gasteiger partial charge in [0.25, 0.3) is 0 Å². The Hall–Kier alpha value is -3.90. The van der Waals surface area contributed by atoms with Gasteiger partial charge in [0.1, 0.15) is 28.2 Å². The molecule has 9 heteroatoms. The number of ether oxygens (including phenoxy) is 2. The van der Waals surface area contributed by atoms with Crippen LogP contribution in [-0.2, 0) is 22.4 Å². The number of anilines is 1.